The van der Waals surface area contributed by atoms with Gasteiger partial charge >= 0.3 is 0 Å². The summed E-state index contributed by atoms with van der Waals surface area (Å²) in [5.41, 5.74) is 1.25. The van der Waals surface area contributed by atoms with E-state index in [0.29, 0.717) is 6.54 Å². The van der Waals surface area contributed by atoms with Crippen molar-refractivity contribution in [2.24, 2.45) is 0 Å². The summed E-state index contributed by atoms with van der Waals surface area (Å²) in [6.07, 6.45) is 0. The van der Waals surface area contributed by atoms with Gasteiger partial charge in [-0.15, -0.1) is 0 Å². The second-order valence-electron chi connectivity index (χ2n) is 4.94. The highest BCUT2D eigenvalue weighted by molar-refractivity contribution is 5.78. The Balaban J connectivity index is 1.87. The molecular weight excluding hydrogens is 226 g/mol. The van der Waals surface area contributed by atoms with Crippen LogP contribution in [0.15, 0.2) is 30.3 Å². The topological polar surface area (TPSA) is 26.8 Å². The van der Waals surface area contributed by atoms with Gasteiger partial charge in [0.05, 0.1) is 6.54 Å². The predicted octanol–water partition coefficient (Wildman–Crippen LogP) is 0.897. The van der Waals surface area contributed by atoms with E-state index >= 15 is 0 Å². The minimum atomic E-state index is 0.229. The number of anilines is 1. The standard InChI is InChI=1S/C14H21N3O/c1-15(2)12-14(18)17-10-8-16(9-11-17)13-6-4-3-5-7-13/h3-7H,8-12H2,1-2H3. The van der Waals surface area contributed by atoms with Crippen LogP contribution >= 0.6 is 0 Å². The fourth-order valence-corrected chi connectivity index (χ4v) is 2.22. The van der Waals surface area contributed by atoms with Crippen LogP contribution in [0.2, 0.25) is 0 Å². The molecule has 4 heteroatoms. The molecule has 1 amide bonds. The zero-order valence-electron chi connectivity index (χ0n) is 11.2. The highest BCUT2D eigenvalue weighted by Crippen LogP contribution is 2.15. The van der Waals surface area contributed by atoms with E-state index in [4.69, 9.17) is 0 Å². The number of carbonyl (C=O) groups is 1. The van der Waals surface area contributed by atoms with Crippen LogP contribution in [0.25, 0.3) is 0 Å². The van der Waals surface area contributed by atoms with Gasteiger partial charge in [0.1, 0.15) is 0 Å². The predicted molar refractivity (Wildman–Crippen MR) is 73.8 cm³/mol. The number of para-hydroxylation sites is 1. The monoisotopic (exact) mass is 247 g/mol. The van der Waals surface area contributed by atoms with Crippen molar-refractivity contribution in [2.75, 3.05) is 51.7 Å². The highest BCUT2D eigenvalue weighted by Gasteiger charge is 2.21. The van der Waals surface area contributed by atoms with Crippen molar-refractivity contribution in [1.82, 2.24) is 9.80 Å². The molecule has 1 saturated heterocycles. The van der Waals surface area contributed by atoms with Gasteiger partial charge in [0.15, 0.2) is 0 Å². The van der Waals surface area contributed by atoms with Gasteiger partial charge in [0.25, 0.3) is 0 Å². The van der Waals surface area contributed by atoms with Crippen molar-refractivity contribution in [1.29, 1.82) is 0 Å². The molecule has 98 valence electrons. The van der Waals surface area contributed by atoms with Crippen LogP contribution in [-0.4, -0.2) is 62.5 Å². The zero-order valence-corrected chi connectivity index (χ0v) is 11.2. The molecular formula is C14H21N3O. The number of carbonyl (C=O) groups excluding carboxylic acids is 1. The van der Waals surface area contributed by atoms with Crippen LogP contribution in [0.5, 0.6) is 0 Å². The molecule has 0 aromatic heterocycles. The lowest BCUT2D eigenvalue weighted by atomic mass is 10.2. The summed E-state index contributed by atoms with van der Waals surface area (Å²) in [7, 11) is 3.86. The molecule has 0 unspecified atom stereocenters. The first kappa shape index (κ1) is 12.9. The average molecular weight is 247 g/mol. The second-order valence-corrected chi connectivity index (χ2v) is 4.94. The molecule has 1 aliphatic heterocycles. The Morgan fingerprint density at radius 3 is 2.28 bits per heavy atom. The molecule has 1 aromatic carbocycles. The fraction of sp³-hybridized carbons (Fsp3) is 0.500. The number of likely N-dealkylation sites (N-methyl/N-ethyl adjacent to an activating group) is 1. The van der Waals surface area contributed by atoms with E-state index < -0.39 is 0 Å². The quantitative estimate of drug-likeness (QED) is 0.794. The van der Waals surface area contributed by atoms with Crippen molar-refractivity contribution in [3.63, 3.8) is 0 Å². The van der Waals surface area contributed by atoms with E-state index in [1.807, 2.05) is 30.0 Å². The lowest BCUT2D eigenvalue weighted by Gasteiger charge is -2.36. The Labute approximate surface area is 109 Å². The first-order chi connectivity index (χ1) is 8.66. The maximum Gasteiger partial charge on any atom is 0.236 e. The molecule has 1 heterocycles. The normalized spacial score (nSPS) is 16.2. The van der Waals surface area contributed by atoms with Gasteiger partial charge in [0, 0.05) is 31.9 Å². The Kier molecular flexibility index (Phi) is 4.20. The number of piperazine rings is 1. The number of rotatable bonds is 3. The van der Waals surface area contributed by atoms with Crippen molar-refractivity contribution in [3.05, 3.63) is 30.3 Å². The van der Waals surface area contributed by atoms with E-state index in [-0.39, 0.29) is 5.91 Å². The molecule has 0 spiro atoms. The SMILES string of the molecule is CN(C)CC(=O)N1CCN(c2ccccc2)CC1. The molecule has 18 heavy (non-hydrogen) atoms. The summed E-state index contributed by atoms with van der Waals surface area (Å²) in [4.78, 5) is 18.1. The van der Waals surface area contributed by atoms with Crippen molar-refractivity contribution >= 4 is 11.6 Å². The number of benzene rings is 1. The van der Waals surface area contributed by atoms with Crippen molar-refractivity contribution in [2.45, 2.75) is 0 Å². The molecule has 1 fully saturated rings. The van der Waals surface area contributed by atoms with Gasteiger partial charge in [-0.2, -0.15) is 0 Å². The lowest BCUT2D eigenvalue weighted by Crippen LogP contribution is -2.50. The summed E-state index contributed by atoms with van der Waals surface area (Å²) in [5, 5.41) is 0. The number of nitrogens with zero attached hydrogens (tertiary/aromatic N) is 3. The smallest absolute Gasteiger partial charge is 0.236 e. The van der Waals surface area contributed by atoms with Gasteiger partial charge in [-0.3, -0.25) is 4.79 Å². The van der Waals surface area contributed by atoms with Crippen LogP contribution in [0.4, 0.5) is 5.69 Å². The molecule has 1 aliphatic rings. The van der Waals surface area contributed by atoms with E-state index in [1.54, 1.807) is 0 Å². The highest BCUT2D eigenvalue weighted by atomic mass is 16.2. The Morgan fingerprint density at radius 1 is 1.11 bits per heavy atom. The molecule has 2 rings (SSSR count). The Bertz CT molecular complexity index is 383. The van der Waals surface area contributed by atoms with Crippen molar-refractivity contribution < 1.29 is 4.79 Å². The second kappa shape index (κ2) is 5.87. The maximum absolute atomic E-state index is 11.9. The average Bonchev–Trinajstić information content (AvgIpc) is 2.39. The maximum atomic E-state index is 11.9. The van der Waals surface area contributed by atoms with Gasteiger partial charge in [-0.05, 0) is 26.2 Å². The molecule has 0 bridgehead atoms. The minimum absolute atomic E-state index is 0.229. The fourth-order valence-electron chi connectivity index (χ4n) is 2.22. The molecule has 0 saturated carbocycles. The minimum Gasteiger partial charge on any atom is -0.368 e. The largest absolute Gasteiger partial charge is 0.368 e. The number of amides is 1. The summed E-state index contributed by atoms with van der Waals surface area (Å²) in [6, 6.07) is 10.4. The van der Waals surface area contributed by atoms with Crippen LogP contribution in [0.3, 0.4) is 0 Å². The zero-order chi connectivity index (χ0) is 13.0. The third-order valence-corrected chi connectivity index (χ3v) is 3.21. The van der Waals surface area contributed by atoms with E-state index in [1.165, 1.54) is 5.69 Å². The van der Waals surface area contributed by atoms with Crippen LogP contribution in [-0.2, 0) is 4.79 Å². The molecule has 0 aliphatic carbocycles. The molecule has 0 radical (unpaired) electrons. The van der Waals surface area contributed by atoms with E-state index in [2.05, 4.69) is 29.2 Å². The summed E-state index contributed by atoms with van der Waals surface area (Å²) >= 11 is 0. The molecule has 0 atom stereocenters. The first-order valence-electron chi connectivity index (χ1n) is 6.39. The first-order valence-corrected chi connectivity index (χ1v) is 6.39. The van der Waals surface area contributed by atoms with Crippen LogP contribution < -0.4 is 4.90 Å². The van der Waals surface area contributed by atoms with Gasteiger partial charge in [-0.25, -0.2) is 0 Å². The third-order valence-electron chi connectivity index (χ3n) is 3.21. The Hall–Kier alpha value is -1.55. The van der Waals surface area contributed by atoms with Gasteiger partial charge < -0.3 is 14.7 Å². The lowest BCUT2D eigenvalue weighted by molar-refractivity contribution is -0.132. The van der Waals surface area contributed by atoms with E-state index in [9.17, 15) is 4.79 Å². The van der Waals surface area contributed by atoms with Crippen molar-refractivity contribution in [3.8, 4) is 0 Å². The summed E-state index contributed by atoms with van der Waals surface area (Å²) in [5.74, 6) is 0.229. The van der Waals surface area contributed by atoms with Crippen LogP contribution in [0, 0.1) is 0 Å². The number of hydrogen-bond acceptors (Lipinski definition) is 3. The molecule has 1 aromatic rings. The summed E-state index contributed by atoms with van der Waals surface area (Å²) < 4.78 is 0. The van der Waals surface area contributed by atoms with E-state index in [0.717, 1.165) is 26.2 Å². The van der Waals surface area contributed by atoms with Gasteiger partial charge in [-0.1, -0.05) is 18.2 Å². The molecule has 4 nitrogen and oxygen atoms in total. The van der Waals surface area contributed by atoms with Gasteiger partial charge in [0.2, 0.25) is 5.91 Å². The number of hydrogen-bond donors (Lipinski definition) is 0. The third kappa shape index (κ3) is 3.23. The summed E-state index contributed by atoms with van der Waals surface area (Å²) in [6.45, 7) is 3.99. The Morgan fingerprint density at radius 2 is 1.72 bits per heavy atom. The molecule has 0 N–H and O–H groups in total. The van der Waals surface area contributed by atoms with Crippen LogP contribution in [0.1, 0.15) is 0 Å².